The lowest BCUT2D eigenvalue weighted by Crippen LogP contribution is -2.18. The first-order valence-corrected chi connectivity index (χ1v) is 7.13. The van der Waals surface area contributed by atoms with E-state index in [0.717, 1.165) is 16.9 Å². The lowest BCUT2D eigenvalue weighted by molar-refractivity contribution is 0.586. The summed E-state index contributed by atoms with van der Waals surface area (Å²) in [5.41, 5.74) is 4.41. The molecular weight excluding hydrogens is 262 g/mol. The van der Waals surface area contributed by atoms with Gasteiger partial charge in [-0.2, -0.15) is 0 Å². The fraction of sp³-hybridized carbons (Fsp3) is 0.412. The molecule has 1 aromatic heterocycles. The van der Waals surface area contributed by atoms with E-state index in [4.69, 9.17) is 0 Å². The minimum Gasteiger partial charge on any atom is -0.295 e. The van der Waals surface area contributed by atoms with E-state index >= 15 is 0 Å². The number of aliphatic imine (C=N–C) groups is 1. The topological polar surface area (TPSA) is 50.1 Å². The van der Waals surface area contributed by atoms with Gasteiger partial charge in [-0.15, -0.1) is 0 Å². The van der Waals surface area contributed by atoms with Gasteiger partial charge in [-0.1, -0.05) is 6.07 Å². The lowest BCUT2D eigenvalue weighted by Gasteiger charge is -2.10. The monoisotopic (exact) mass is 285 g/mol. The average molecular weight is 285 g/mol. The van der Waals surface area contributed by atoms with Crippen molar-refractivity contribution in [2.75, 3.05) is 0 Å². The second kappa shape index (κ2) is 5.35. The Morgan fingerprint density at radius 3 is 2.38 bits per heavy atom. The normalized spacial score (nSPS) is 12.3. The number of rotatable bonds is 2. The van der Waals surface area contributed by atoms with Gasteiger partial charge in [0.1, 0.15) is 0 Å². The Bertz CT molecular complexity index is 742. The molecule has 1 aromatic carbocycles. The van der Waals surface area contributed by atoms with E-state index < -0.39 is 0 Å². The van der Waals surface area contributed by atoms with Crippen LogP contribution in [0.15, 0.2) is 28.0 Å². The van der Waals surface area contributed by atoms with Gasteiger partial charge in [-0.3, -0.25) is 14.9 Å². The van der Waals surface area contributed by atoms with Gasteiger partial charge < -0.3 is 0 Å². The van der Waals surface area contributed by atoms with E-state index in [1.54, 1.807) is 10.9 Å². The zero-order valence-corrected chi connectivity index (χ0v) is 13.6. The largest absolute Gasteiger partial charge is 0.295 e. The highest BCUT2D eigenvalue weighted by molar-refractivity contribution is 5.81. The van der Waals surface area contributed by atoms with Gasteiger partial charge in [-0.05, 0) is 64.8 Å². The quantitative estimate of drug-likeness (QED) is 0.846. The summed E-state index contributed by atoms with van der Waals surface area (Å²) < 4.78 is 1.58. The standard InChI is InChI=1S/C17H23N3O/c1-11-7-8-14(9-12(11)2)20-16(21)15(13(3)19-20)10-18-17(4,5)6/h7-10,19H,1-6H3. The van der Waals surface area contributed by atoms with Crippen molar-refractivity contribution in [3.63, 3.8) is 0 Å². The van der Waals surface area contributed by atoms with Crippen LogP contribution in [0.1, 0.15) is 43.2 Å². The van der Waals surface area contributed by atoms with Gasteiger partial charge in [0, 0.05) is 11.9 Å². The van der Waals surface area contributed by atoms with Crippen LogP contribution in [-0.2, 0) is 0 Å². The van der Waals surface area contributed by atoms with Crippen LogP contribution in [0, 0.1) is 20.8 Å². The van der Waals surface area contributed by atoms with Crippen LogP contribution in [0.5, 0.6) is 0 Å². The molecule has 112 valence electrons. The molecule has 0 fully saturated rings. The van der Waals surface area contributed by atoms with Crippen LogP contribution >= 0.6 is 0 Å². The fourth-order valence-corrected chi connectivity index (χ4v) is 2.02. The van der Waals surface area contributed by atoms with Gasteiger partial charge in [0.25, 0.3) is 5.56 Å². The summed E-state index contributed by atoms with van der Waals surface area (Å²) in [5, 5.41) is 3.13. The van der Waals surface area contributed by atoms with Crippen LogP contribution in [0.4, 0.5) is 0 Å². The zero-order chi connectivity index (χ0) is 15.8. The Morgan fingerprint density at radius 2 is 1.81 bits per heavy atom. The number of H-pyrrole nitrogens is 1. The molecular formula is C17H23N3O. The number of nitrogens with zero attached hydrogens (tertiary/aromatic N) is 2. The highest BCUT2D eigenvalue weighted by Crippen LogP contribution is 2.13. The van der Waals surface area contributed by atoms with Crippen LogP contribution < -0.4 is 5.56 Å². The molecule has 0 aliphatic rings. The van der Waals surface area contributed by atoms with Crippen molar-refractivity contribution in [3.05, 3.63) is 50.9 Å². The maximum atomic E-state index is 12.5. The number of aromatic amines is 1. The molecule has 0 saturated heterocycles. The molecule has 0 bridgehead atoms. The number of nitrogens with one attached hydrogen (secondary N) is 1. The highest BCUT2D eigenvalue weighted by atomic mass is 16.1. The van der Waals surface area contributed by atoms with Gasteiger partial charge >= 0.3 is 0 Å². The molecule has 0 aliphatic carbocycles. The molecule has 1 heterocycles. The molecule has 2 aromatic rings. The van der Waals surface area contributed by atoms with Crippen LogP contribution in [-0.4, -0.2) is 21.5 Å². The molecule has 0 radical (unpaired) electrons. The van der Waals surface area contributed by atoms with E-state index in [1.165, 1.54) is 5.56 Å². The van der Waals surface area contributed by atoms with Crippen molar-refractivity contribution >= 4 is 6.21 Å². The third-order valence-corrected chi connectivity index (χ3v) is 3.45. The number of benzene rings is 1. The number of aryl methyl sites for hydroxylation is 3. The molecule has 2 rings (SSSR count). The first-order chi connectivity index (χ1) is 9.69. The molecule has 0 saturated carbocycles. The van der Waals surface area contributed by atoms with Crippen molar-refractivity contribution < 1.29 is 0 Å². The summed E-state index contributed by atoms with van der Waals surface area (Å²) in [7, 11) is 0. The molecule has 21 heavy (non-hydrogen) atoms. The van der Waals surface area contributed by atoms with E-state index in [-0.39, 0.29) is 11.1 Å². The van der Waals surface area contributed by atoms with E-state index in [9.17, 15) is 4.79 Å². The first-order valence-electron chi connectivity index (χ1n) is 7.13. The second-order valence-corrected chi connectivity index (χ2v) is 6.49. The molecule has 4 heteroatoms. The van der Waals surface area contributed by atoms with E-state index in [2.05, 4.69) is 17.0 Å². The van der Waals surface area contributed by atoms with Crippen molar-refractivity contribution in [1.82, 2.24) is 9.78 Å². The minimum absolute atomic E-state index is 0.0660. The number of aromatic nitrogens is 2. The Kier molecular flexibility index (Phi) is 3.90. The smallest absolute Gasteiger partial charge is 0.280 e. The highest BCUT2D eigenvalue weighted by Gasteiger charge is 2.13. The third-order valence-electron chi connectivity index (χ3n) is 3.45. The maximum absolute atomic E-state index is 12.5. The van der Waals surface area contributed by atoms with Crippen molar-refractivity contribution in [1.29, 1.82) is 0 Å². The fourth-order valence-electron chi connectivity index (χ4n) is 2.02. The van der Waals surface area contributed by atoms with Crippen LogP contribution in [0.3, 0.4) is 0 Å². The Labute approximate surface area is 125 Å². The Morgan fingerprint density at radius 1 is 1.14 bits per heavy atom. The molecule has 1 N–H and O–H groups in total. The first kappa shape index (κ1) is 15.3. The Balaban J connectivity index is 2.51. The average Bonchev–Trinajstić information content (AvgIpc) is 2.65. The zero-order valence-electron chi connectivity index (χ0n) is 13.6. The Hall–Kier alpha value is -2.10. The van der Waals surface area contributed by atoms with Crippen LogP contribution in [0.25, 0.3) is 5.69 Å². The van der Waals surface area contributed by atoms with Crippen molar-refractivity contribution in [2.24, 2.45) is 4.99 Å². The predicted molar refractivity (Wildman–Crippen MR) is 87.9 cm³/mol. The summed E-state index contributed by atoms with van der Waals surface area (Å²) in [6, 6.07) is 5.98. The van der Waals surface area contributed by atoms with Gasteiger partial charge in [0.15, 0.2) is 0 Å². The summed E-state index contributed by atoms with van der Waals surface area (Å²) in [5.74, 6) is 0. The molecule has 0 amide bonds. The van der Waals surface area contributed by atoms with Crippen molar-refractivity contribution in [3.8, 4) is 5.69 Å². The summed E-state index contributed by atoms with van der Waals surface area (Å²) in [6.45, 7) is 12.0. The maximum Gasteiger partial charge on any atom is 0.280 e. The SMILES string of the molecule is Cc1ccc(-n2[nH]c(C)c(C=NC(C)(C)C)c2=O)cc1C. The van der Waals surface area contributed by atoms with Gasteiger partial charge in [-0.25, -0.2) is 4.68 Å². The number of hydrogen-bond donors (Lipinski definition) is 1. The summed E-state index contributed by atoms with van der Waals surface area (Å²) in [6.07, 6.45) is 1.67. The molecule has 0 unspecified atom stereocenters. The predicted octanol–water partition coefficient (Wildman–Crippen LogP) is 3.31. The lowest BCUT2D eigenvalue weighted by atomic mass is 10.1. The van der Waals surface area contributed by atoms with Crippen LogP contribution in [0.2, 0.25) is 0 Å². The number of hydrogen-bond acceptors (Lipinski definition) is 2. The third kappa shape index (κ3) is 3.32. The van der Waals surface area contributed by atoms with E-state index in [0.29, 0.717) is 5.56 Å². The minimum atomic E-state index is -0.193. The molecule has 0 aliphatic heterocycles. The van der Waals surface area contributed by atoms with Gasteiger partial charge in [0.2, 0.25) is 0 Å². The summed E-state index contributed by atoms with van der Waals surface area (Å²) in [4.78, 5) is 17.0. The second-order valence-electron chi connectivity index (χ2n) is 6.49. The molecule has 4 nitrogen and oxygen atoms in total. The molecule has 0 spiro atoms. The van der Waals surface area contributed by atoms with Crippen molar-refractivity contribution in [2.45, 2.75) is 47.1 Å². The summed E-state index contributed by atoms with van der Waals surface area (Å²) >= 11 is 0. The molecule has 0 atom stereocenters. The van der Waals surface area contributed by atoms with Gasteiger partial charge in [0.05, 0.1) is 16.8 Å². The van der Waals surface area contributed by atoms with E-state index in [1.807, 2.05) is 52.8 Å².